The van der Waals surface area contributed by atoms with Crippen LogP contribution in [-0.2, 0) is 4.74 Å². The number of carboxylic acid groups (broad SMARTS) is 1. The van der Waals surface area contributed by atoms with Gasteiger partial charge < -0.3 is 14.7 Å². The van der Waals surface area contributed by atoms with Gasteiger partial charge in [0, 0.05) is 37.4 Å². The fourth-order valence-electron chi connectivity index (χ4n) is 2.32. The molecule has 0 radical (unpaired) electrons. The Morgan fingerprint density at radius 1 is 1.36 bits per heavy atom. The molecule has 1 amide bonds. The maximum atomic E-state index is 12.5. The molecule has 1 aliphatic heterocycles. The smallest absolute Gasteiger partial charge is 0.335 e. The minimum absolute atomic E-state index is 0.000648. The monoisotopic (exact) mass is 308 g/mol. The second-order valence-corrected chi connectivity index (χ2v) is 5.12. The third kappa shape index (κ3) is 3.59. The molecule has 118 valence electrons. The van der Waals surface area contributed by atoms with Gasteiger partial charge >= 0.3 is 5.97 Å². The van der Waals surface area contributed by atoms with Crippen LogP contribution < -0.4 is 0 Å². The van der Waals surface area contributed by atoms with E-state index in [0.717, 1.165) is 18.2 Å². The van der Waals surface area contributed by atoms with Gasteiger partial charge in [-0.15, -0.1) is 0 Å². The molecule has 0 aliphatic carbocycles. The molecule has 1 N–H and O–H groups in total. The van der Waals surface area contributed by atoms with E-state index in [1.54, 1.807) is 0 Å². The molecule has 1 aliphatic rings. The van der Waals surface area contributed by atoms with Crippen molar-refractivity contribution < 1.29 is 24.4 Å². The van der Waals surface area contributed by atoms with E-state index in [2.05, 4.69) is 0 Å². The van der Waals surface area contributed by atoms with Crippen LogP contribution >= 0.6 is 0 Å². The van der Waals surface area contributed by atoms with E-state index < -0.39 is 22.5 Å². The molecule has 1 saturated heterocycles. The molecular formula is C14H16N2O6. The number of hydrogen-bond donors (Lipinski definition) is 1. The molecule has 0 aromatic heterocycles. The highest BCUT2D eigenvalue weighted by atomic mass is 16.6. The van der Waals surface area contributed by atoms with Gasteiger partial charge in [0.1, 0.15) is 0 Å². The third-order valence-electron chi connectivity index (χ3n) is 3.36. The molecule has 8 nitrogen and oxygen atoms in total. The average Bonchev–Trinajstić information content (AvgIpc) is 2.70. The summed E-state index contributed by atoms with van der Waals surface area (Å²) in [6.07, 6.45) is 0.528. The number of non-ortho nitro benzene ring substituents is 1. The van der Waals surface area contributed by atoms with Crippen molar-refractivity contribution in [3.8, 4) is 0 Å². The number of rotatable bonds is 3. The lowest BCUT2D eigenvalue weighted by Crippen LogP contribution is -2.36. The molecule has 8 heteroatoms. The molecule has 0 bridgehead atoms. The summed E-state index contributed by atoms with van der Waals surface area (Å²) in [6.45, 7) is 3.21. The van der Waals surface area contributed by atoms with Crippen LogP contribution in [0.4, 0.5) is 5.69 Å². The van der Waals surface area contributed by atoms with E-state index in [0.29, 0.717) is 26.1 Å². The Hall–Kier alpha value is -2.48. The van der Waals surface area contributed by atoms with Gasteiger partial charge in [0.25, 0.3) is 11.6 Å². The number of amides is 1. The van der Waals surface area contributed by atoms with Crippen LogP contribution in [0.1, 0.15) is 34.1 Å². The summed E-state index contributed by atoms with van der Waals surface area (Å²) in [6, 6.07) is 3.20. The fraction of sp³-hybridized carbons (Fsp3) is 0.429. The lowest BCUT2D eigenvalue weighted by atomic mass is 10.1. The van der Waals surface area contributed by atoms with Gasteiger partial charge in [0.05, 0.1) is 16.6 Å². The summed E-state index contributed by atoms with van der Waals surface area (Å²) < 4.78 is 5.45. The van der Waals surface area contributed by atoms with Crippen molar-refractivity contribution in [1.29, 1.82) is 0 Å². The van der Waals surface area contributed by atoms with Crippen molar-refractivity contribution in [3.05, 3.63) is 39.4 Å². The summed E-state index contributed by atoms with van der Waals surface area (Å²) in [5, 5.41) is 19.9. The van der Waals surface area contributed by atoms with Crippen LogP contribution in [0.25, 0.3) is 0 Å². The first-order chi connectivity index (χ1) is 10.4. The number of nitro groups is 1. The molecule has 0 spiro atoms. The first kappa shape index (κ1) is 15.9. The zero-order valence-corrected chi connectivity index (χ0v) is 12.0. The molecule has 2 rings (SSSR count). The minimum atomic E-state index is -1.31. The molecule has 22 heavy (non-hydrogen) atoms. The Balaban J connectivity index is 2.35. The van der Waals surface area contributed by atoms with E-state index >= 15 is 0 Å². The first-order valence-corrected chi connectivity index (χ1v) is 6.82. The largest absolute Gasteiger partial charge is 0.478 e. The van der Waals surface area contributed by atoms with Crippen LogP contribution in [0, 0.1) is 10.1 Å². The lowest BCUT2D eigenvalue weighted by molar-refractivity contribution is -0.384. The quantitative estimate of drug-likeness (QED) is 0.670. The van der Waals surface area contributed by atoms with Crippen molar-refractivity contribution >= 4 is 17.6 Å². The van der Waals surface area contributed by atoms with Gasteiger partial charge in [-0.3, -0.25) is 14.9 Å². The summed E-state index contributed by atoms with van der Waals surface area (Å²) in [7, 11) is 0. The predicted octanol–water partition coefficient (Wildman–Crippen LogP) is 1.54. The summed E-state index contributed by atoms with van der Waals surface area (Å²) >= 11 is 0. The summed E-state index contributed by atoms with van der Waals surface area (Å²) in [4.78, 5) is 35.3. The molecule has 1 aromatic carbocycles. The molecule has 1 aromatic rings. The third-order valence-corrected chi connectivity index (χ3v) is 3.36. The van der Waals surface area contributed by atoms with E-state index in [4.69, 9.17) is 9.84 Å². The topological polar surface area (TPSA) is 110 Å². The van der Waals surface area contributed by atoms with Crippen molar-refractivity contribution in [3.63, 3.8) is 0 Å². The number of carboxylic acids is 1. The number of aromatic carboxylic acids is 1. The number of nitro benzene ring substituents is 1. The first-order valence-electron chi connectivity index (χ1n) is 6.82. The average molecular weight is 308 g/mol. The zero-order chi connectivity index (χ0) is 16.3. The van der Waals surface area contributed by atoms with Crippen molar-refractivity contribution in [2.75, 3.05) is 19.7 Å². The molecular weight excluding hydrogens is 292 g/mol. The Bertz CT molecular complexity index is 583. The van der Waals surface area contributed by atoms with E-state index in [1.807, 2.05) is 6.92 Å². The summed E-state index contributed by atoms with van der Waals surface area (Å²) in [5.74, 6) is -1.74. The van der Waals surface area contributed by atoms with Crippen LogP contribution in [0.5, 0.6) is 0 Å². The van der Waals surface area contributed by atoms with Crippen LogP contribution in [-0.4, -0.2) is 52.6 Å². The predicted molar refractivity (Wildman–Crippen MR) is 76.0 cm³/mol. The second kappa shape index (κ2) is 6.52. The number of carbonyl (C=O) groups excluding carboxylic acids is 1. The Morgan fingerprint density at radius 3 is 2.68 bits per heavy atom. The SMILES string of the molecule is CC1CN(C(=O)c2cc(C(=O)O)cc([N+](=O)[O-])c2)CCCO1. The van der Waals surface area contributed by atoms with Gasteiger partial charge in [-0.1, -0.05) is 0 Å². The maximum Gasteiger partial charge on any atom is 0.335 e. The normalized spacial score (nSPS) is 18.6. The highest BCUT2D eigenvalue weighted by molar-refractivity contribution is 5.98. The van der Waals surface area contributed by atoms with Crippen LogP contribution in [0.2, 0.25) is 0 Å². The number of benzene rings is 1. The maximum absolute atomic E-state index is 12.5. The Kier molecular flexibility index (Phi) is 4.71. The second-order valence-electron chi connectivity index (χ2n) is 5.12. The van der Waals surface area contributed by atoms with E-state index in [9.17, 15) is 19.7 Å². The Morgan fingerprint density at radius 2 is 2.05 bits per heavy atom. The van der Waals surface area contributed by atoms with Crippen molar-refractivity contribution in [2.24, 2.45) is 0 Å². The number of hydrogen-bond acceptors (Lipinski definition) is 5. The van der Waals surface area contributed by atoms with Crippen molar-refractivity contribution in [2.45, 2.75) is 19.4 Å². The van der Waals surface area contributed by atoms with Gasteiger partial charge in [0.2, 0.25) is 0 Å². The molecule has 0 saturated carbocycles. The number of ether oxygens (including phenoxy) is 1. The van der Waals surface area contributed by atoms with Crippen LogP contribution in [0.3, 0.4) is 0 Å². The molecule has 1 fully saturated rings. The highest BCUT2D eigenvalue weighted by Gasteiger charge is 2.24. The molecule has 1 unspecified atom stereocenters. The Labute approximate surface area is 126 Å². The van der Waals surface area contributed by atoms with E-state index in [-0.39, 0.29) is 17.2 Å². The van der Waals surface area contributed by atoms with Crippen molar-refractivity contribution in [1.82, 2.24) is 4.90 Å². The van der Waals surface area contributed by atoms with E-state index in [1.165, 1.54) is 4.90 Å². The van der Waals surface area contributed by atoms with Gasteiger partial charge in [-0.05, 0) is 19.4 Å². The zero-order valence-electron chi connectivity index (χ0n) is 12.0. The number of nitrogens with zero attached hydrogens (tertiary/aromatic N) is 2. The number of carbonyl (C=O) groups is 2. The fourth-order valence-corrected chi connectivity index (χ4v) is 2.32. The lowest BCUT2D eigenvalue weighted by Gasteiger charge is -2.22. The van der Waals surface area contributed by atoms with Crippen LogP contribution in [0.15, 0.2) is 18.2 Å². The van der Waals surface area contributed by atoms with Gasteiger partial charge in [-0.25, -0.2) is 4.79 Å². The van der Waals surface area contributed by atoms with Gasteiger partial charge in [-0.2, -0.15) is 0 Å². The summed E-state index contributed by atoms with van der Waals surface area (Å²) in [5.41, 5.74) is -0.695. The highest BCUT2D eigenvalue weighted by Crippen LogP contribution is 2.20. The standard InChI is InChI=1S/C14H16N2O6/c1-9-8-15(3-2-4-22-9)13(17)10-5-11(14(18)19)7-12(6-10)16(20)21/h5-7,9H,2-4,8H2,1H3,(H,18,19). The minimum Gasteiger partial charge on any atom is -0.478 e. The molecule has 1 heterocycles. The molecule has 1 atom stereocenters. The van der Waals surface area contributed by atoms with Gasteiger partial charge in [0.15, 0.2) is 0 Å².